The fourth-order valence-electron chi connectivity index (χ4n) is 1.42. The molecule has 0 radical (unpaired) electrons. The normalized spacial score (nSPS) is 23.2. The summed E-state index contributed by atoms with van der Waals surface area (Å²) in [6, 6.07) is 7.84. The number of nitrogens with two attached hydrogens (primary N) is 1. The van der Waals surface area contributed by atoms with Gasteiger partial charge in [-0.05, 0) is 12.1 Å². The highest BCUT2D eigenvalue weighted by Crippen LogP contribution is 2.06. The highest BCUT2D eigenvalue weighted by molar-refractivity contribution is 5.90. The van der Waals surface area contributed by atoms with Crippen LogP contribution < -0.4 is 11.1 Å². The molecule has 0 bridgehead atoms. The Bertz CT molecular complexity index is 405. The van der Waals surface area contributed by atoms with Gasteiger partial charge in [0.1, 0.15) is 12.6 Å². The van der Waals surface area contributed by atoms with E-state index in [4.69, 9.17) is 10.5 Å². The lowest BCUT2D eigenvalue weighted by atomic mass is 10.0. The molecular weight excluding hydrogens is 208 g/mol. The van der Waals surface area contributed by atoms with Crippen LogP contribution >= 0.6 is 0 Å². The lowest BCUT2D eigenvalue weighted by Crippen LogP contribution is -2.68. The quantitative estimate of drug-likeness (QED) is 0.540. The van der Waals surface area contributed by atoms with Gasteiger partial charge in [0.05, 0.1) is 11.6 Å². The number of β-lactam (4-membered cyclic amide) rings is 1. The summed E-state index contributed by atoms with van der Waals surface area (Å²) < 4.78 is 5.02. The molecular formula is C11H12N2O3. The first-order valence-corrected chi connectivity index (χ1v) is 4.96. The van der Waals surface area contributed by atoms with Crippen molar-refractivity contribution >= 4 is 11.9 Å². The average molecular weight is 220 g/mol. The first-order chi connectivity index (χ1) is 7.68. The van der Waals surface area contributed by atoms with Crippen molar-refractivity contribution in [1.29, 1.82) is 0 Å². The van der Waals surface area contributed by atoms with E-state index in [1.807, 2.05) is 6.07 Å². The number of esters is 1. The fourth-order valence-corrected chi connectivity index (χ4v) is 1.42. The molecule has 16 heavy (non-hydrogen) atoms. The summed E-state index contributed by atoms with van der Waals surface area (Å²) in [7, 11) is 0. The molecule has 0 aromatic heterocycles. The smallest absolute Gasteiger partial charge is 0.338 e. The summed E-state index contributed by atoms with van der Waals surface area (Å²) in [5.41, 5.74) is 5.98. The number of benzene rings is 1. The summed E-state index contributed by atoms with van der Waals surface area (Å²) in [6.07, 6.45) is 0. The number of hydrogen-bond acceptors (Lipinski definition) is 4. The van der Waals surface area contributed by atoms with Crippen LogP contribution in [0.5, 0.6) is 0 Å². The van der Waals surface area contributed by atoms with Gasteiger partial charge in [0, 0.05) is 0 Å². The van der Waals surface area contributed by atoms with Gasteiger partial charge >= 0.3 is 5.97 Å². The Kier molecular flexibility index (Phi) is 2.87. The standard InChI is InChI=1S/C11H12N2O3/c12-9-8(13-10(9)14)6-16-11(15)7-4-2-1-3-5-7/h1-5,8-9H,6,12H2,(H,13,14). The molecule has 5 heteroatoms. The topological polar surface area (TPSA) is 81.4 Å². The van der Waals surface area contributed by atoms with Crippen molar-refractivity contribution in [3.8, 4) is 0 Å². The molecule has 1 fully saturated rings. The predicted octanol–water partition coefficient (Wildman–Crippen LogP) is -0.331. The van der Waals surface area contributed by atoms with E-state index < -0.39 is 12.0 Å². The molecule has 2 rings (SSSR count). The minimum atomic E-state index is -0.566. The minimum absolute atomic E-state index is 0.112. The molecule has 1 saturated heterocycles. The Hall–Kier alpha value is -1.88. The number of ether oxygens (including phenoxy) is 1. The van der Waals surface area contributed by atoms with Gasteiger partial charge < -0.3 is 15.8 Å². The third-order valence-corrected chi connectivity index (χ3v) is 2.47. The van der Waals surface area contributed by atoms with Crippen molar-refractivity contribution in [2.75, 3.05) is 6.61 Å². The molecule has 1 amide bonds. The van der Waals surface area contributed by atoms with E-state index >= 15 is 0 Å². The van der Waals surface area contributed by atoms with Crippen LogP contribution in [0.4, 0.5) is 0 Å². The Balaban J connectivity index is 1.83. The van der Waals surface area contributed by atoms with Gasteiger partial charge in [0.15, 0.2) is 0 Å². The van der Waals surface area contributed by atoms with Gasteiger partial charge in [-0.1, -0.05) is 18.2 Å². The molecule has 1 aromatic carbocycles. The summed E-state index contributed by atoms with van der Waals surface area (Å²) in [6.45, 7) is 0.112. The lowest BCUT2D eigenvalue weighted by Gasteiger charge is -2.33. The number of nitrogens with one attached hydrogen (secondary N) is 1. The Morgan fingerprint density at radius 3 is 2.62 bits per heavy atom. The summed E-state index contributed by atoms with van der Waals surface area (Å²) in [5, 5.41) is 2.56. The van der Waals surface area contributed by atoms with E-state index in [0.29, 0.717) is 5.56 Å². The van der Waals surface area contributed by atoms with Crippen LogP contribution in [0.1, 0.15) is 10.4 Å². The molecule has 0 aliphatic carbocycles. The average Bonchev–Trinajstić information content (AvgIpc) is 2.34. The third kappa shape index (κ3) is 2.04. The lowest BCUT2D eigenvalue weighted by molar-refractivity contribution is -0.131. The highest BCUT2D eigenvalue weighted by Gasteiger charge is 2.36. The predicted molar refractivity (Wildman–Crippen MR) is 56.6 cm³/mol. The van der Waals surface area contributed by atoms with Crippen LogP contribution in [0.3, 0.4) is 0 Å². The van der Waals surface area contributed by atoms with Crippen LogP contribution in [0, 0.1) is 0 Å². The first kappa shape index (κ1) is 10.6. The van der Waals surface area contributed by atoms with E-state index in [-0.39, 0.29) is 18.6 Å². The molecule has 1 aliphatic rings. The highest BCUT2D eigenvalue weighted by atomic mass is 16.5. The van der Waals surface area contributed by atoms with Crippen molar-refractivity contribution < 1.29 is 14.3 Å². The first-order valence-electron chi connectivity index (χ1n) is 4.96. The molecule has 3 N–H and O–H groups in total. The van der Waals surface area contributed by atoms with Crippen LogP contribution in [-0.4, -0.2) is 30.6 Å². The molecule has 1 aliphatic heterocycles. The van der Waals surface area contributed by atoms with Crippen molar-refractivity contribution in [2.24, 2.45) is 5.73 Å². The van der Waals surface area contributed by atoms with Crippen molar-refractivity contribution in [3.05, 3.63) is 35.9 Å². The number of amides is 1. The number of carbonyl (C=O) groups excluding carboxylic acids is 2. The number of carbonyl (C=O) groups is 2. The zero-order valence-electron chi connectivity index (χ0n) is 8.55. The van der Waals surface area contributed by atoms with Gasteiger partial charge in [0.2, 0.25) is 5.91 Å². The Labute approximate surface area is 92.6 Å². The molecule has 0 saturated carbocycles. The van der Waals surface area contributed by atoms with Gasteiger partial charge in [-0.3, -0.25) is 4.79 Å². The fraction of sp³-hybridized carbons (Fsp3) is 0.273. The maximum Gasteiger partial charge on any atom is 0.338 e. The van der Waals surface area contributed by atoms with Crippen molar-refractivity contribution in [2.45, 2.75) is 12.1 Å². The second kappa shape index (κ2) is 4.32. The number of hydrogen-bond donors (Lipinski definition) is 2. The number of rotatable bonds is 3. The summed E-state index contributed by atoms with van der Waals surface area (Å²) >= 11 is 0. The van der Waals surface area contributed by atoms with E-state index in [2.05, 4.69) is 5.32 Å². The second-order valence-electron chi connectivity index (χ2n) is 3.61. The van der Waals surface area contributed by atoms with Gasteiger partial charge in [-0.15, -0.1) is 0 Å². The van der Waals surface area contributed by atoms with Crippen molar-refractivity contribution in [3.63, 3.8) is 0 Å². The van der Waals surface area contributed by atoms with Gasteiger partial charge in [-0.2, -0.15) is 0 Å². The van der Waals surface area contributed by atoms with Crippen LogP contribution in [0.25, 0.3) is 0 Å². The molecule has 84 valence electrons. The molecule has 0 spiro atoms. The van der Waals surface area contributed by atoms with E-state index in [0.717, 1.165) is 0 Å². The van der Waals surface area contributed by atoms with Crippen molar-refractivity contribution in [1.82, 2.24) is 5.32 Å². The van der Waals surface area contributed by atoms with Crippen LogP contribution in [0.2, 0.25) is 0 Å². The van der Waals surface area contributed by atoms with Crippen LogP contribution in [0.15, 0.2) is 30.3 Å². The summed E-state index contributed by atoms with van der Waals surface area (Å²) in [5.74, 6) is -0.616. The van der Waals surface area contributed by atoms with E-state index in [1.54, 1.807) is 24.3 Å². The van der Waals surface area contributed by atoms with Crippen LogP contribution in [-0.2, 0) is 9.53 Å². The monoisotopic (exact) mass is 220 g/mol. The van der Waals surface area contributed by atoms with E-state index in [9.17, 15) is 9.59 Å². The molecule has 5 nitrogen and oxygen atoms in total. The largest absolute Gasteiger partial charge is 0.460 e. The molecule has 2 atom stereocenters. The maximum atomic E-state index is 11.5. The Morgan fingerprint density at radius 1 is 1.38 bits per heavy atom. The Morgan fingerprint density at radius 2 is 2.06 bits per heavy atom. The zero-order valence-corrected chi connectivity index (χ0v) is 8.55. The molecule has 2 unspecified atom stereocenters. The van der Waals surface area contributed by atoms with Gasteiger partial charge in [0.25, 0.3) is 0 Å². The van der Waals surface area contributed by atoms with E-state index in [1.165, 1.54) is 0 Å². The van der Waals surface area contributed by atoms with Gasteiger partial charge in [-0.25, -0.2) is 4.79 Å². The SMILES string of the molecule is NC1C(=O)NC1COC(=O)c1ccccc1. The molecule has 1 heterocycles. The third-order valence-electron chi connectivity index (χ3n) is 2.47. The second-order valence-corrected chi connectivity index (χ2v) is 3.61. The summed E-state index contributed by atoms with van der Waals surface area (Å²) in [4.78, 5) is 22.3. The maximum absolute atomic E-state index is 11.5. The minimum Gasteiger partial charge on any atom is -0.460 e. The zero-order chi connectivity index (χ0) is 11.5. The molecule has 1 aromatic rings.